The second-order valence-electron chi connectivity index (χ2n) is 4.25. The second-order valence-corrected chi connectivity index (χ2v) is 4.25. The molecule has 1 N–H and O–H groups in total. The number of benzene rings is 1. The summed E-state index contributed by atoms with van der Waals surface area (Å²) in [5.74, 6) is -5.07. The SMILES string of the molecule is CC(F)(F)c1ccc(C(=O)NN2C(=O)C=CC2=O)cc1. The van der Waals surface area contributed by atoms with Gasteiger partial charge in [0.25, 0.3) is 23.6 Å². The molecular formula is C13H10F2N2O3. The number of hydrogen-bond acceptors (Lipinski definition) is 3. The van der Waals surface area contributed by atoms with Gasteiger partial charge in [-0.15, -0.1) is 0 Å². The first kappa shape index (κ1) is 13.9. The molecule has 0 radical (unpaired) electrons. The maximum Gasteiger partial charge on any atom is 0.272 e. The van der Waals surface area contributed by atoms with Crippen molar-refractivity contribution in [2.24, 2.45) is 0 Å². The third kappa shape index (κ3) is 2.71. The van der Waals surface area contributed by atoms with E-state index < -0.39 is 23.6 Å². The molecule has 0 bridgehead atoms. The van der Waals surface area contributed by atoms with E-state index in [2.05, 4.69) is 5.43 Å². The molecule has 1 aromatic rings. The number of rotatable bonds is 3. The Hall–Kier alpha value is -2.57. The molecule has 0 aliphatic carbocycles. The molecule has 2 rings (SSSR count). The Morgan fingerprint density at radius 2 is 1.60 bits per heavy atom. The summed E-state index contributed by atoms with van der Waals surface area (Å²) in [6.45, 7) is 0.745. The Bertz CT molecular complexity index is 585. The van der Waals surface area contributed by atoms with E-state index in [0.29, 0.717) is 5.01 Å². The van der Waals surface area contributed by atoms with E-state index in [1.54, 1.807) is 0 Å². The highest BCUT2D eigenvalue weighted by atomic mass is 19.3. The first-order valence-corrected chi connectivity index (χ1v) is 5.64. The van der Waals surface area contributed by atoms with Gasteiger partial charge in [-0.25, -0.2) is 8.78 Å². The van der Waals surface area contributed by atoms with Crippen LogP contribution in [0.4, 0.5) is 8.78 Å². The Balaban J connectivity index is 2.11. The molecule has 0 aromatic heterocycles. The number of carbonyl (C=O) groups is 3. The molecule has 1 aromatic carbocycles. The zero-order valence-electron chi connectivity index (χ0n) is 10.4. The van der Waals surface area contributed by atoms with Gasteiger partial charge in [-0.1, -0.05) is 12.1 Å². The molecule has 0 unspecified atom stereocenters. The molecule has 1 heterocycles. The van der Waals surface area contributed by atoms with Crippen LogP contribution < -0.4 is 5.43 Å². The lowest BCUT2D eigenvalue weighted by Crippen LogP contribution is -2.46. The number of halogens is 2. The molecule has 5 nitrogen and oxygen atoms in total. The van der Waals surface area contributed by atoms with E-state index in [1.807, 2.05) is 0 Å². The van der Waals surface area contributed by atoms with E-state index in [-0.39, 0.29) is 11.1 Å². The molecule has 0 atom stereocenters. The number of nitrogens with one attached hydrogen (secondary N) is 1. The molecule has 0 spiro atoms. The highest BCUT2D eigenvalue weighted by Crippen LogP contribution is 2.26. The average Bonchev–Trinajstić information content (AvgIpc) is 2.69. The van der Waals surface area contributed by atoms with Crippen molar-refractivity contribution in [1.82, 2.24) is 10.4 Å². The van der Waals surface area contributed by atoms with Crippen molar-refractivity contribution in [3.63, 3.8) is 0 Å². The van der Waals surface area contributed by atoms with Crippen molar-refractivity contribution >= 4 is 17.7 Å². The minimum Gasteiger partial charge on any atom is -0.267 e. The topological polar surface area (TPSA) is 66.5 Å². The van der Waals surface area contributed by atoms with Crippen LogP contribution in [0.2, 0.25) is 0 Å². The zero-order chi connectivity index (χ0) is 14.9. The minimum absolute atomic E-state index is 0.0606. The zero-order valence-corrected chi connectivity index (χ0v) is 10.4. The second kappa shape index (κ2) is 4.84. The number of alkyl halides is 2. The highest BCUT2D eigenvalue weighted by Gasteiger charge is 2.27. The van der Waals surface area contributed by atoms with Gasteiger partial charge in [0.15, 0.2) is 0 Å². The standard InChI is InChI=1S/C13H10F2N2O3/c1-13(14,15)9-4-2-8(3-5-9)12(20)16-17-10(18)6-7-11(17)19/h2-7H,1H3,(H,16,20). The van der Waals surface area contributed by atoms with Crippen LogP contribution >= 0.6 is 0 Å². The van der Waals surface area contributed by atoms with Crippen molar-refractivity contribution in [3.05, 3.63) is 47.5 Å². The number of carbonyl (C=O) groups excluding carboxylic acids is 3. The molecule has 104 valence electrons. The maximum absolute atomic E-state index is 13.0. The van der Waals surface area contributed by atoms with Gasteiger partial charge in [-0.05, 0) is 12.1 Å². The van der Waals surface area contributed by atoms with Crippen molar-refractivity contribution in [2.75, 3.05) is 0 Å². The van der Waals surface area contributed by atoms with Gasteiger partial charge < -0.3 is 0 Å². The Morgan fingerprint density at radius 1 is 1.10 bits per heavy atom. The number of amides is 3. The summed E-state index contributed by atoms with van der Waals surface area (Å²) in [4.78, 5) is 34.3. The quantitative estimate of drug-likeness (QED) is 0.850. The van der Waals surface area contributed by atoms with Crippen LogP contribution in [0, 0.1) is 0 Å². The third-order valence-electron chi connectivity index (χ3n) is 2.68. The first-order valence-electron chi connectivity index (χ1n) is 5.64. The number of nitrogens with zero attached hydrogens (tertiary/aromatic N) is 1. The van der Waals surface area contributed by atoms with Crippen LogP contribution in [0.5, 0.6) is 0 Å². The first-order chi connectivity index (χ1) is 9.29. The number of hydrazine groups is 1. The van der Waals surface area contributed by atoms with Gasteiger partial charge in [0.2, 0.25) is 0 Å². The van der Waals surface area contributed by atoms with E-state index in [9.17, 15) is 23.2 Å². The van der Waals surface area contributed by atoms with Gasteiger partial charge >= 0.3 is 0 Å². The largest absolute Gasteiger partial charge is 0.272 e. The Labute approximate surface area is 112 Å². The van der Waals surface area contributed by atoms with Gasteiger partial charge in [-0.3, -0.25) is 19.8 Å². The molecular weight excluding hydrogens is 270 g/mol. The number of imide groups is 1. The summed E-state index contributed by atoms with van der Waals surface area (Å²) in [5.41, 5.74) is 1.93. The van der Waals surface area contributed by atoms with Gasteiger partial charge in [0.1, 0.15) is 0 Å². The molecule has 7 heteroatoms. The summed E-state index contributed by atoms with van der Waals surface area (Å²) < 4.78 is 26.0. The van der Waals surface area contributed by atoms with E-state index in [0.717, 1.165) is 31.2 Å². The monoisotopic (exact) mass is 280 g/mol. The molecule has 1 aliphatic rings. The van der Waals surface area contributed by atoms with Crippen LogP contribution in [0.25, 0.3) is 0 Å². The summed E-state index contributed by atoms with van der Waals surface area (Å²) >= 11 is 0. The smallest absolute Gasteiger partial charge is 0.267 e. The minimum atomic E-state index is -3.00. The van der Waals surface area contributed by atoms with Crippen LogP contribution in [-0.4, -0.2) is 22.7 Å². The Kier molecular flexibility index (Phi) is 3.35. The lowest BCUT2D eigenvalue weighted by atomic mass is 10.1. The third-order valence-corrected chi connectivity index (χ3v) is 2.68. The van der Waals surface area contributed by atoms with Crippen molar-refractivity contribution in [3.8, 4) is 0 Å². The summed E-state index contributed by atoms with van der Waals surface area (Å²) in [7, 11) is 0. The molecule has 0 saturated carbocycles. The fourth-order valence-corrected chi connectivity index (χ4v) is 1.59. The number of hydrogen-bond donors (Lipinski definition) is 1. The van der Waals surface area contributed by atoms with Crippen LogP contribution in [-0.2, 0) is 15.5 Å². The van der Waals surface area contributed by atoms with Gasteiger partial charge in [-0.2, -0.15) is 5.01 Å². The normalized spacial score (nSPS) is 14.8. The summed E-state index contributed by atoms with van der Waals surface area (Å²) in [5, 5.41) is 0.546. The van der Waals surface area contributed by atoms with Crippen molar-refractivity contribution in [2.45, 2.75) is 12.8 Å². The van der Waals surface area contributed by atoms with E-state index >= 15 is 0 Å². The molecule has 0 saturated heterocycles. The van der Waals surface area contributed by atoms with E-state index in [1.165, 1.54) is 12.1 Å². The van der Waals surface area contributed by atoms with Crippen molar-refractivity contribution < 1.29 is 23.2 Å². The van der Waals surface area contributed by atoms with E-state index in [4.69, 9.17) is 0 Å². The summed E-state index contributed by atoms with van der Waals surface area (Å²) in [6, 6.07) is 4.61. The molecule has 3 amide bonds. The summed E-state index contributed by atoms with van der Waals surface area (Å²) in [6.07, 6.45) is 2.03. The maximum atomic E-state index is 13.0. The van der Waals surface area contributed by atoms with Gasteiger partial charge in [0, 0.05) is 30.2 Å². The molecule has 1 aliphatic heterocycles. The lowest BCUT2D eigenvalue weighted by Gasteiger charge is -2.15. The van der Waals surface area contributed by atoms with Crippen LogP contribution in [0.3, 0.4) is 0 Å². The highest BCUT2D eigenvalue weighted by molar-refractivity contribution is 6.14. The average molecular weight is 280 g/mol. The van der Waals surface area contributed by atoms with Crippen molar-refractivity contribution in [1.29, 1.82) is 0 Å². The van der Waals surface area contributed by atoms with Crippen LogP contribution in [0.15, 0.2) is 36.4 Å². The predicted molar refractivity (Wildman–Crippen MR) is 64.5 cm³/mol. The molecule has 0 fully saturated rings. The fourth-order valence-electron chi connectivity index (χ4n) is 1.59. The fraction of sp³-hybridized carbons (Fsp3) is 0.154. The molecule has 20 heavy (non-hydrogen) atoms. The Morgan fingerprint density at radius 3 is 2.05 bits per heavy atom. The lowest BCUT2D eigenvalue weighted by molar-refractivity contribution is -0.139. The van der Waals surface area contributed by atoms with Gasteiger partial charge in [0.05, 0.1) is 0 Å². The predicted octanol–water partition coefficient (Wildman–Crippen LogP) is 1.37. The van der Waals surface area contributed by atoms with Crippen LogP contribution in [0.1, 0.15) is 22.8 Å².